The van der Waals surface area contributed by atoms with Gasteiger partial charge in [0.1, 0.15) is 0 Å². The number of benzene rings is 1. The van der Waals surface area contributed by atoms with Gasteiger partial charge < -0.3 is 5.11 Å². The van der Waals surface area contributed by atoms with Crippen molar-refractivity contribution in [1.82, 2.24) is 10.2 Å². The first-order chi connectivity index (χ1) is 6.27. The summed E-state index contributed by atoms with van der Waals surface area (Å²) in [7, 11) is 0. The lowest BCUT2D eigenvalue weighted by Crippen LogP contribution is -2.00. The molecule has 1 aromatic carbocycles. The van der Waals surface area contributed by atoms with E-state index >= 15 is 0 Å². The number of nitrogens with zero attached hydrogens (tertiary/aromatic N) is 1. The van der Waals surface area contributed by atoms with Crippen LogP contribution in [0.3, 0.4) is 0 Å². The Labute approximate surface area is 74.2 Å². The maximum Gasteiger partial charge on any atom is 0.309 e. The minimum atomic E-state index is -0.864. The molecule has 0 bridgehead atoms. The molecule has 4 nitrogen and oxygen atoms in total. The number of aromatic amines is 1. The van der Waals surface area contributed by atoms with Crippen LogP contribution >= 0.6 is 0 Å². The highest BCUT2D eigenvalue weighted by molar-refractivity contribution is 5.84. The number of carbonyl (C=O) groups is 1. The molecule has 0 amide bonds. The lowest BCUT2D eigenvalue weighted by atomic mass is 10.2. The van der Waals surface area contributed by atoms with Crippen molar-refractivity contribution in [2.45, 2.75) is 6.42 Å². The van der Waals surface area contributed by atoms with Gasteiger partial charge in [-0.25, -0.2) is 0 Å². The second-order valence-corrected chi connectivity index (χ2v) is 2.79. The van der Waals surface area contributed by atoms with Gasteiger partial charge in [0.15, 0.2) is 0 Å². The second-order valence-electron chi connectivity index (χ2n) is 2.79. The van der Waals surface area contributed by atoms with E-state index in [0.29, 0.717) is 5.69 Å². The Morgan fingerprint density at radius 2 is 2.23 bits per heavy atom. The predicted molar refractivity (Wildman–Crippen MR) is 47.4 cm³/mol. The summed E-state index contributed by atoms with van der Waals surface area (Å²) >= 11 is 0. The number of aliphatic carboxylic acids is 1. The van der Waals surface area contributed by atoms with Gasteiger partial charge in [0.05, 0.1) is 17.6 Å². The molecule has 0 aliphatic heterocycles. The second kappa shape index (κ2) is 2.90. The highest BCUT2D eigenvalue weighted by Gasteiger charge is 2.07. The minimum absolute atomic E-state index is 0.0377. The summed E-state index contributed by atoms with van der Waals surface area (Å²) < 4.78 is 0. The van der Waals surface area contributed by atoms with Crippen molar-refractivity contribution in [2.75, 3.05) is 0 Å². The minimum Gasteiger partial charge on any atom is -0.481 e. The van der Waals surface area contributed by atoms with E-state index in [1.807, 2.05) is 24.3 Å². The first-order valence-electron chi connectivity index (χ1n) is 3.91. The number of fused-ring (bicyclic) bond motifs is 1. The largest absolute Gasteiger partial charge is 0.481 e. The van der Waals surface area contributed by atoms with E-state index in [2.05, 4.69) is 10.2 Å². The van der Waals surface area contributed by atoms with Gasteiger partial charge in [-0.1, -0.05) is 18.2 Å². The number of para-hydroxylation sites is 1. The van der Waals surface area contributed by atoms with Crippen LogP contribution in [-0.2, 0) is 11.2 Å². The molecule has 2 rings (SSSR count). The standard InChI is InChI=1S/C9H8N2O2/c12-9(13)5-8-6-3-1-2-4-7(6)10-11-8/h1-4H,5H2,(H,10,11)(H,12,13). The SMILES string of the molecule is O=C(O)Cc1n[nH]c2ccccc12. The maximum atomic E-state index is 10.5. The van der Waals surface area contributed by atoms with Gasteiger partial charge in [-0.2, -0.15) is 5.10 Å². The van der Waals surface area contributed by atoms with Crippen LogP contribution in [0.1, 0.15) is 5.69 Å². The number of rotatable bonds is 2. The van der Waals surface area contributed by atoms with Crippen molar-refractivity contribution >= 4 is 16.9 Å². The summed E-state index contributed by atoms with van der Waals surface area (Å²) in [6.07, 6.45) is -0.0377. The van der Waals surface area contributed by atoms with Gasteiger partial charge in [0.25, 0.3) is 0 Å². The Morgan fingerprint density at radius 3 is 3.00 bits per heavy atom. The third-order valence-electron chi connectivity index (χ3n) is 1.87. The summed E-state index contributed by atoms with van der Waals surface area (Å²) in [6.45, 7) is 0. The highest BCUT2D eigenvalue weighted by Crippen LogP contribution is 2.14. The van der Waals surface area contributed by atoms with Crippen LogP contribution in [0.4, 0.5) is 0 Å². The lowest BCUT2D eigenvalue weighted by molar-refractivity contribution is -0.136. The number of hydrogen-bond acceptors (Lipinski definition) is 2. The monoisotopic (exact) mass is 176 g/mol. The smallest absolute Gasteiger partial charge is 0.309 e. The number of H-pyrrole nitrogens is 1. The van der Waals surface area contributed by atoms with E-state index in [1.165, 1.54) is 0 Å². The topological polar surface area (TPSA) is 66.0 Å². The van der Waals surface area contributed by atoms with Gasteiger partial charge in [-0.05, 0) is 6.07 Å². The molecule has 1 aromatic heterocycles. The van der Waals surface area contributed by atoms with Gasteiger partial charge in [0, 0.05) is 5.39 Å². The molecule has 0 unspecified atom stereocenters. The third-order valence-corrected chi connectivity index (χ3v) is 1.87. The van der Waals surface area contributed by atoms with Crippen LogP contribution in [0.25, 0.3) is 10.9 Å². The Kier molecular flexibility index (Phi) is 1.73. The van der Waals surface area contributed by atoms with Crippen molar-refractivity contribution in [1.29, 1.82) is 0 Å². The van der Waals surface area contributed by atoms with E-state index < -0.39 is 5.97 Å². The number of aromatic nitrogens is 2. The van der Waals surface area contributed by atoms with Crippen LogP contribution < -0.4 is 0 Å². The summed E-state index contributed by atoms with van der Waals surface area (Å²) in [5.74, 6) is -0.864. The third kappa shape index (κ3) is 1.38. The summed E-state index contributed by atoms with van der Waals surface area (Å²) in [4.78, 5) is 10.5. The molecule has 0 saturated heterocycles. The molecule has 0 radical (unpaired) electrons. The average Bonchev–Trinajstić information content (AvgIpc) is 2.48. The number of carboxylic acids is 1. The van der Waals surface area contributed by atoms with Crippen molar-refractivity contribution in [3.8, 4) is 0 Å². The molecule has 0 aliphatic rings. The van der Waals surface area contributed by atoms with E-state index in [-0.39, 0.29) is 6.42 Å². The molecule has 2 N–H and O–H groups in total. The van der Waals surface area contributed by atoms with Crippen LogP contribution in [0.2, 0.25) is 0 Å². The molecule has 4 heteroatoms. The summed E-state index contributed by atoms with van der Waals surface area (Å²) in [5.41, 5.74) is 1.46. The van der Waals surface area contributed by atoms with Gasteiger partial charge >= 0.3 is 5.97 Å². The van der Waals surface area contributed by atoms with Crippen LogP contribution in [0, 0.1) is 0 Å². The van der Waals surface area contributed by atoms with Crippen molar-refractivity contribution in [3.63, 3.8) is 0 Å². The van der Waals surface area contributed by atoms with Crippen LogP contribution in [0.15, 0.2) is 24.3 Å². The van der Waals surface area contributed by atoms with E-state index in [9.17, 15) is 4.79 Å². The van der Waals surface area contributed by atoms with Crippen LogP contribution in [-0.4, -0.2) is 21.3 Å². The Hall–Kier alpha value is -1.84. The number of carboxylic acid groups (broad SMARTS) is 1. The Balaban J connectivity index is 2.51. The zero-order chi connectivity index (χ0) is 9.26. The quantitative estimate of drug-likeness (QED) is 0.722. The van der Waals surface area contributed by atoms with Gasteiger partial charge in [-0.3, -0.25) is 9.89 Å². The zero-order valence-corrected chi connectivity index (χ0v) is 6.82. The number of nitrogens with one attached hydrogen (secondary N) is 1. The van der Waals surface area contributed by atoms with E-state index in [1.54, 1.807) is 0 Å². The molecule has 0 fully saturated rings. The molecule has 0 atom stereocenters. The van der Waals surface area contributed by atoms with Crippen molar-refractivity contribution < 1.29 is 9.90 Å². The fourth-order valence-electron chi connectivity index (χ4n) is 1.30. The van der Waals surface area contributed by atoms with Gasteiger partial charge in [-0.15, -0.1) is 0 Å². The molecule has 0 spiro atoms. The zero-order valence-electron chi connectivity index (χ0n) is 6.82. The lowest BCUT2D eigenvalue weighted by Gasteiger charge is -1.90. The van der Waals surface area contributed by atoms with Gasteiger partial charge in [0.2, 0.25) is 0 Å². The van der Waals surface area contributed by atoms with E-state index in [4.69, 9.17) is 5.11 Å². The first-order valence-corrected chi connectivity index (χ1v) is 3.91. The molecular formula is C9H8N2O2. The molecule has 0 aliphatic carbocycles. The predicted octanol–water partition coefficient (Wildman–Crippen LogP) is 1.19. The Bertz CT molecular complexity index is 448. The highest BCUT2D eigenvalue weighted by atomic mass is 16.4. The maximum absolute atomic E-state index is 10.5. The first kappa shape index (κ1) is 7.79. The molecule has 2 aromatic rings. The normalized spacial score (nSPS) is 10.5. The Morgan fingerprint density at radius 1 is 1.46 bits per heavy atom. The van der Waals surface area contributed by atoms with Crippen LogP contribution in [0.5, 0.6) is 0 Å². The molecule has 66 valence electrons. The molecule has 0 saturated carbocycles. The molecule has 1 heterocycles. The molecular weight excluding hydrogens is 168 g/mol. The average molecular weight is 176 g/mol. The van der Waals surface area contributed by atoms with E-state index in [0.717, 1.165) is 10.9 Å². The fraction of sp³-hybridized carbons (Fsp3) is 0.111. The summed E-state index contributed by atoms with van der Waals surface area (Å²) in [5, 5.41) is 16.2. The summed E-state index contributed by atoms with van der Waals surface area (Å²) in [6, 6.07) is 7.47. The molecule has 13 heavy (non-hydrogen) atoms. The van der Waals surface area contributed by atoms with Crippen molar-refractivity contribution in [3.05, 3.63) is 30.0 Å². The fourth-order valence-corrected chi connectivity index (χ4v) is 1.30. The van der Waals surface area contributed by atoms with Crippen molar-refractivity contribution in [2.24, 2.45) is 0 Å². The number of hydrogen-bond donors (Lipinski definition) is 2.